The second kappa shape index (κ2) is 10.8. The summed E-state index contributed by atoms with van der Waals surface area (Å²) in [4.78, 5) is 24.8. The molecule has 1 fully saturated rings. The number of esters is 1. The van der Waals surface area contributed by atoms with Gasteiger partial charge in [-0.25, -0.2) is 0 Å². The van der Waals surface area contributed by atoms with E-state index in [0.29, 0.717) is 0 Å². The van der Waals surface area contributed by atoms with Crippen molar-refractivity contribution in [2.45, 2.75) is 37.6 Å². The molecule has 5 atom stereocenters. The number of carbonyl (C=O) groups is 1. The van der Waals surface area contributed by atoms with Gasteiger partial charge in [-0.1, -0.05) is 0 Å². The van der Waals surface area contributed by atoms with Crippen LogP contribution >= 0.6 is 0 Å². The summed E-state index contributed by atoms with van der Waals surface area (Å²) in [5.74, 6) is -1.87. The highest BCUT2D eigenvalue weighted by atomic mass is 16.7. The first kappa shape index (κ1) is 27.0. The number of carbonyl (C=O) groups excluding carboxylic acids is 1. The predicted octanol–water partition coefficient (Wildman–Crippen LogP) is 0.638. The molecule has 1 aliphatic rings. The van der Waals surface area contributed by atoms with Gasteiger partial charge in [-0.3, -0.25) is 9.59 Å². The number of methoxy groups -OCH3 is 2. The lowest BCUT2D eigenvalue weighted by Crippen LogP contribution is -2.60. The fraction of sp³-hybridized carbons (Fsp3) is 0.360. The Balaban J connectivity index is 1.86. The van der Waals surface area contributed by atoms with E-state index in [1.54, 1.807) is 0 Å². The van der Waals surface area contributed by atoms with E-state index in [0.717, 1.165) is 6.92 Å². The standard InChI is InChI=1S/C25H26O13/c1-10(26)35-9-17-19(29)21(31)22(32)25(37-17)38-24-20(30)18-14(28)7-12(33-2)8-16(18)36-23(24)11-4-5-13(27)15(6-11)34-3/h4-8,17,19,21-22,25,27-29,31-32H,9H2,1-3H3/t17-,19-,21?,22?,25+/m1/s1. The van der Waals surface area contributed by atoms with Gasteiger partial charge < -0.3 is 53.6 Å². The number of aliphatic hydroxyl groups excluding tert-OH is 3. The number of phenolic OH excluding ortho intramolecular Hbond substituents is 2. The van der Waals surface area contributed by atoms with Crippen molar-refractivity contribution < 1.29 is 58.4 Å². The highest BCUT2D eigenvalue weighted by Gasteiger charge is 2.46. The van der Waals surface area contributed by atoms with Gasteiger partial charge in [0, 0.05) is 24.6 Å². The zero-order valence-corrected chi connectivity index (χ0v) is 20.5. The topological polar surface area (TPSA) is 195 Å². The molecular weight excluding hydrogens is 508 g/mol. The number of rotatable bonds is 7. The molecule has 4 rings (SSSR count). The van der Waals surface area contributed by atoms with E-state index >= 15 is 0 Å². The lowest BCUT2D eigenvalue weighted by molar-refractivity contribution is -0.278. The molecule has 0 aliphatic carbocycles. The number of fused-ring (bicyclic) bond motifs is 1. The normalized spacial score (nSPS) is 23.2. The summed E-state index contributed by atoms with van der Waals surface area (Å²) in [6.07, 6.45) is -8.34. The van der Waals surface area contributed by atoms with Crippen molar-refractivity contribution in [3.63, 3.8) is 0 Å². The van der Waals surface area contributed by atoms with Gasteiger partial charge >= 0.3 is 5.97 Å². The van der Waals surface area contributed by atoms with Crippen molar-refractivity contribution in [3.8, 4) is 40.1 Å². The highest BCUT2D eigenvalue weighted by Crippen LogP contribution is 2.39. The van der Waals surface area contributed by atoms with Crippen LogP contribution in [0.15, 0.2) is 39.5 Å². The summed E-state index contributed by atoms with van der Waals surface area (Å²) in [7, 11) is 2.67. The van der Waals surface area contributed by atoms with E-state index in [4.69, 9.17) is 28.1 Å². The van der Waals surface area contributed by atoms with Crippen LogP contribution in [0.3, 0.4) is 0 Å². The highest BCUT2D eigenvalue weighted by molar-refractivity contribution is 5.88. The van der Waals surface area contributed by atoms with Crippen LogP contribution in [-0.2, 0) is 14.3 Å². The Morgan fingerprint density at radius 1 is 0.974 bits per heavy atom. The summed E-state index contributed by atoms with van der Waals surface area (Å²) < 4.78 is 32.3. The van der Waals surface area contributed by atoms with Crippen LogP contribution in [0.1, 0.15) is 6.92 Å². The quantitative estimate of drug-likeness (QED) is 0.265. The van der Waals surface area contributed by atoms with E-state index in [9.17, 15) is 35.1 Å². The molecule has 0 saturated carbocycles. The maximum Gasteiger partial charge on any atom is 0.302 e. The lowest BCUT2D eigenvalue weighted by atomic mass is 9.99. The second-order valence-electron chi connectivity index (χ2n) is 8.43. The smallest absolute Gasteiger partial charge is 0.302 e. The van der Waals surface area contributed by atoms with E-state index < -0.39 is 60.2 Å². The van der Waals surface area contributed by atoms with Gasteiger partial charge in [-0.2, -0.15) is 0 Å². The molecule has 38 heavy (non-hydrogen) atoms. The molecule has 204 valence electrons. The van der Waals surface area contributed by atoms with Gasteiger partial charge in [-0.15, -0.1) is 0 Å². The Labute approximate surface area is 214 Å². The van der Waals surface area contributed by atoms with Crippen molar-refractivity contribution in [1.29, 1.82) is 0 Å². The third-order valence-corrected chi connectivity index (χ3v) is 5.94. The number of aromatic hydroxyl groups is 2. The summed E-state index contributed by atoms with van der Waals surface area (Å²) in [5.41, 5.74) is -0.755. The number of aliphatic hydroxyl groups is 3. The molecule has 3 aromatic rings. The molecule has 1 aliphatic heterocycles. The first-order valence-corrected chi connectivity index (χ1v) is 11.3. The monoisotopic (exact) mass is 534 g/mol. The Bertz CT molecular complexity index is 1400. The number of benzene rings is 2. The Hall–Kier alpha value is -4.04. The molecule has 13 heteroatoms. The predicted molar refractivity (Wildman–Crippen MR) is 128 cm³/mol. The maximum absolute atomic E-state index is 13.6. The number of phenols is 2. The van der Waals surface area contributed by atoms with E-state index in [1.807, 2.05) is 0 Å². The molecule has 13 nitrogen and oxygen atoms in total. The zero-order valence-electron chi connectivity index (χ0n) is 20.5. The lowest BCUT2D eigenvalue weighted by Gasteiger charge is -2.39. The molecule has 2 aromatic carbocycles. The van der Waals surface area contributed by atoms with Gasteiger partial charge in [0.25, 0.3) is 0 Å². The van der Waals surface area contributed by atoms with Crippen LogP contribution in [0, 0.1) is 0 Å². The average Bonchev–Trinajstić information content (AvgIpc) is 2.89. The van der Waals surface area contributed by atoms with Crippen LogP contribution in [0.5, 0.6) is 28.7 Å². The fourth-order valence-corrected chi connectivity index (χ4v) is 3.96. The molecular formula is C25H26O13. The molecule has 2 heterocycles. The minimum atomic E-state index is -1.85. The van der Waals surface area contributed by atoms with E-state index in [2.05, 4.69) is 0 Å². The Kier molecular flexibility index (Phi) is 7.64. The maximum atomic E-state index is 13.6. The van der Waals surface area contributed by atoms with E-state index in [-0.39, 0.29) is 39.5 Å². The van der Waals surface area contributed by atoms with Crippen molar-refractivity contribution in [3.05, 3.63) is 40.6 Å². The number of hydrogen-bond acceptors (Lipinski definition) is 13. The molecule has 1 aromatic heterocycles. The fourth-order valence-electron chi connectivity index (χ4n) is 3.96. The number of hydrogen-bond donors (Lipinski definition) is 5. The van der Waals surface area contributed by atoms with Crippen molar-refractivity contribution in [2.75, 3.05) is 20.8 Å². The van der Waals surface area contributed by atoms with Gasteiger partial charge in [-0.05, 0) is 18.2 Å². The second-order valence-corrected chi connectivity index (χ2v) is 8.43. The minimum Gasteiger partial charge on any atom is -0.507 e. The largest absolute Gasteiger partial charge is 0.507 e. The summed E-state index contributed by atoms with van der Waals surface area (Å²) in [6.45, 7) is 0.656. The molecule has 0 spiro atoms. The third kappa shape index (κ3) is 5.04. The van der Waals surface area contributed by atoms with Crippen LogP contribution in [-0.4, -0.2) is 83.0 Å². The van der Waals surface area contributed by atoms with Crippen molar-refractivity contribution in [2.24, 2.45) is 0 Å². The van der Waals surface area contributed by atoms with Crippen LogP contribution in [0.2, 0.25) is 0 Å². The minimum absolute atomic E-state index is 0.0404. The van der Waals surface area contributed by atoms with Crippen LogP contribution in [0.25, 0.3) is 22.3 Å². The molecule has 1 saturated heterocycles. The molecule has 0 bridgehead atoms. The first-order chi connectivity index (χ1) is 18.0. The Morgan fingerprint density at radius 3 is 2.37 bits per heavy atom. The first-order valence-electron chi connectivity index (χ1n) is 11.3. The SMILES string of the molecule is COc1cc(O)c2c(=O)c(O[C@@H]3O[C@H](COC(C)=O)[C@@H](O)C(O)C3O)c(-c3ccc(O)c(OC)c3)oc2c1. The van der Waals surface area contributed by atoms with Gasteiger partial charge in [0.2, 0.25) is 17.5 Å². The molecule has 0 amide bonds. The molecule has 2 unspecified atom stereocenters. The Morgan fingerprint density at radius 2 is 1.71 bits per heavy atom. The van der Waals surface area contributed by atoms with Gasteiger partial charge in [0.05, 0.1) is 14.2 Å². The summed E-state index contributed by atoms with van der Waals surface area (Å²) >= 11 is 0. The summed E-state index contributed by atoms with van der Waals surface area (Å²) in [6, 6.07) is 6.59. The third-order valence-electron chi connectivity index (χ3n) is 5.94. The van der Waals surface area contributed by atoms with Crippen LogP contribution in [0.4, 0.5) is 0 Å². The van der Waals surface area contributed by atoms with Crippen molar-refractivity contribution in [1.82, 2.24) is 0 Å². The van der Waals surface area contributed by atoms with Crippen LogP contribution < -0.4 is 19.6 Å². The summed E-state index contributed by atoms with van der Waals surface area (Å²) in [5, 5.41) is 51.4. The van der Waals surface area contributed by atoms with Crippen molar-refractivity contribution >= 4 is 16.9 Å². The van der Waals surface area contributed by atoms with E-state index in [1.165, 1.54) is 44.6 Å². The molecule has 0 radical (unpaired) electrons. The molecule has 5 N–H and O–H groups in total. The van der Waals surface area contributed by atoms with Gasteiger partial charge in [0.1, 0.15) is 53.5 Å². The average molecular weight is 534 g/mol. The zero-order chi connectivity index (χ0) is 27.7. The van der Waals surface area contributed by atoms with Gasteiger partial charge in [0.15, 0.2) is 17.3 Å². The number of ether oxygens (including phenoxy) is 5.